The van der Waals surface area contributed by atoms with Crippen LogP contribution in [0.15, 0.2) is 12.1 Å². The quantitative estimate of drug-likeness (QED) is 0.571. The maximum absolute atomic E-state index is 3.47. The molecular formula is C18H27. The minimum absolute atomic E-state index is 1.16. The smallest absolute Gasteiger partial charge is 0.0146 e. The van der Waals surface area contributed by atoms with Gasteiger partial charge in [0.05, 0.1) is 0 Å². The third-order valence-corrected chi connectivity index (χ3v) is 3.94. The highest BCUT2D eigenvalue weighted by Gasteiger charge is 2.04. The van der Waals surface area contributed by atoms with Crippen molar-refractivity contribution < 1.29 is 0 Å². The topological polar surface area (TPSA) is 0 Å². The zero-order chi connectivity index (χ0) is 13.5. The van der Waals surface area contributed by atoms with Gasteiger partial charge in [0.2, 0.25) is 0 Å². The lowest BCUT2D eigenvalue weighted by atomic mass is 9.94. The number of hydrogen-bond donors (Lipinski definition) is 0. The van der Waals surface area contributed by atoms with E-state index < -0.39 is 0 Å². The Morgan fingerprint density at radius 3 is 2.33 bits per heavy atom. The highest BCUT2D eigenvalue weighted by molar-refractivity contribution is 5.46. The molecule has 0 heteroatoms. The van der Waals surface area contributed by atoms with Crippen LogP contribution < -0.4 is 0 Å². The third-order valence-electron chi connectivity index (χ3n) is 3.94. The minimum Gasteiger partial charge on any atom is -0.0760 e. The maximum atomic E-state index is 3.47. The van der Waals surface area contributed by atoms with E-state index in [0.717, 1.165) is 6.42 Å². The van der Waals surface area contributed by atoms with Crippen molar-refractivity contribution in [3.63, 3.8) is 0 Å². The lowest BCUT2D eigenvalue weighted by molar-refractivity contribution is 0.674. The Hall–Kier alpha value is -1.04. The van der Waals surface area contributed by atoms with E-state index in [9.17, 15) is 0 Å². The summed E-state index contributed by atoms with van der Waals surface area (Å²) in [6.07, 6.45) is 12.2. The molecule has 0 spiro atoms. The molecule has 0 saturated heterocycles. The average Bonchev–Trinajstić information content (AvgIpc) is 2.37. The molecule has 0 aromatic heterocycles. The summed E-state index contributed by atoms with van der Waals surface area (Å²) >= 11 is 0. The molecule has 0 aliphatic rings. The van der Waals surface area contributed by atoms with Crippen molar-refractivity contribution >= 4 is 0 Å². The Morgan fingerprint density at radius 2 is 1.67 bits per heavy atom. The Morgan fingerprint density at radius 1 is 0.944 bits per heavy atom. The number of unbranched alkanes of at least 4 members (excludes halogenated alkanes) is 4. The summed E-state index contributed by atoms with van der Waals surface area (Å²) in [7, 11) is 0. The normalized spacial score (nSPS) is 11.4. The van der Waals surface area contributed by atoms with E-state index in [1.165, 1.54) is 53.5 Å². The Bertz CT molecular complexity index is 411. The Labute approximate surface area is 113 Å². The molecule has 18 heavy (non-hydrogen) atoms. The lowest BCUT2D eigenvalue weighted by Crippen LogP contribution is -1.94. The van der Waals surface area contributed by atoms with Gasteiger partial charge in [-0.1, -0.05) is 38.3 Å². The summed E-state index contributed by atoms with van der Waals surface area (Å²) < 4.78 is 0. The van der Waals surface area contributed by atoms with E-state index in [2.05, 4.69) is 52.8 Å². The fraction of sp³-hybridized carbons (Fsp3) is 0.556. The Balaban J connectivity index is 2.65. The number of aryl methyl sites for hydroxylation is 1. The first-order chi connectivity index (χ1) is 8.57. The highest BCUT2D eigenvalue weighted by atomic mass is 14.1. The van der Waals surface area contributed by atoms with Gasteiger partial charge in [0, 0.05) is 0 Å². The zero-order valence-corrected chi connectivity index (χ0v) is 12.7. The van der Waals surface area contributed by atoms with Gasteiger partial charge in [0.25, 0.3) is 0 Å². The van der Waals surface area contributed by atoms with Crippen LogP contribution in [0.1, 0.15) is 66.8 Å². The van der Waals surface area contributed by atoms with Gasteiger partial charge in [-0.25, -0.2) is 0 Å². The van der Waals surface area contributed by atoms with Crippen LogP contribution >= 0.6 is 0 Å². The number of allylic oxidation sites excluding steroid dienone is 1. The molecule has 99 valence electrons. The second kappa shape index (κ2) is 7.41. The second-order valence-electron chi connectivity index (χ2n) is 5.31. The summed E-state index contributed by atoms with van der Waals surface area (Å²) in [6, 6.07) is 2.26. The number of hydrogen-bond acceptors (Lipinski definition) is 0. The standard InChI is InChI=1S/C18H27/c1-6-7-8-9-10-11-12-18-13-14(2)15(3)16(4)17(18)5/h11,13H,6-10H2,1-5H3. The molecular weight excluding hydrogens is 216 g/mol. The number of benzene rings is 1. The van der Waals surface area contributed by atoms with Gasteiger partial charge in [0.1, 0.15) is 0 Å². The number of rotatable bonds is 6. The van der Waals surface area contributed by atoms with Crippen molar-refractivity contribution in [2.45, 2.75) is 66.7 Å². The highest BCUT2D eigenvalue weighted by Crippen LogP contribution is 2.21. The van der Waals surface area contributed by atoms with Gasteiger partial charge < -0.3 is 0 Å². The van der Waals surface area contributed by atoms with Crippen molar-refractivity contribution in [3.8, 4) is 0 Å². The van der Waals surface area contributed by atoms with Gasteiger partial charge in [-0.3, -0.25) is 0 Å². The lowest BCUT2D eigenvalue weighted by Gasteiger charge is -2.11. The molecule has 0 unspecified atom stereocenters. The zero-order valence-electron chi connectivity index (χ0n) is 12.7. The molecule has 0 aliphatic heterocycles. The van der Waals surface area contributed by atoms with E-state index in [-0.39, 0.29) is 0 Å². The molecule has 0 saturated carbocycles. The molecule has 1 aromatic carbocycles. The molecule has 0 atom stereocenters. The molecule has 0 nitrogen and oxygen atoms in total. The average molecular weight is 243 g/mol. The monoisotopic (exact) mass is 243 g/mol. The maximum Gasteiger partial charge on any atom is -0.0146 e. The molecule has 0 fully saturated rings. The van der Waals surface area contributed by atoms with Gasteiger partial charge >= 0.3 is 0 Å². The van der Waals surface area contributed by atoms with Gasteiger partial charge in [0.15, 0.2) is 0 Å². The first-order valence-corrected chi connectivity index (χ1v) is 7.23. The van der Waals surface area contributed by atoms with E-state index >= 15 is 0 Å². The van der Waals surface area contributed by atoms with Crippen LogP contribution in [-0.4, -0.2) is 0 Å². The minimum atomic E-state index is 1.16. The fourth-order valence-corrected chi connectivity index (χ4v) is 2.22. The van der Waals surface area contributed by atoms with E-state index in [0.29, 0.717) is 0 Å². The second-order valence-corrected chi connectivity index (χ2v) is 5.31. The van der Waals surface area contributed by atoms with Crippen molar-refractivity contribution in [2.24, 2.45) is 0 Å². The van der Waals surface area contributed by atoms with Crippen LogP contribution in [0, 0.1) is 33.8 Å². The van der Waals surface area contributed by atoms with Crippen LogP contribution in [0.5, 0.6) is 0 Å². The molecule has 1 aromatic rings. The van der Waals surface area contributed by atoms with Crippen molar-refractivity contribution in [1.82, 2.24) is 0 Å². The predicted octanol–water partition coefficient (Wildman–Crippen LogP) is 5.60. The fourth-order valence-electron chi connectivity index (χ4n) is 2.22. The molecule has 0 heterocycles. The summed E-state index contributed by atoms with van der Waals surface area (Å²) in [5.74, 6) is 0. The largest absolute Gasteiger partial charge is 0.0760 e. The van der Waals surface area contributed by atoms with Gasteiger partial charge in [-0.15, -0.1) is 0 Å². The Kier molecular flexibility index (Phi) is 6.18. The summed E-state index contributed by atoms with van der Waals surface area (Å²) in [5, 5.41) is 0. The van der Waals surface area contributed by atoms with E-state index in [1.54, 1.807) is 0 Å². The van der Waals surface area contributed by atoms with Gasteiger partial charge in [-0.2, -0.15) is 0 Å². The van der Waals surface area contributed by atoms with Crippen molar-refractivity contribution in [2.75, 3.05) is 0 Å². The van der Waals surface area contributed by atoms with E-state index in [1.807, 2.05) is 0 Å². The first kappa shape index (κ1) is 15.0. The first-order valence-electron chi connectivity index (χ1n) is 7.23. The summed E-state index contributed by atoms with van der Waals surface area (Å²) in [5.41, 5.74) is 6.85. The molecule has 0 bridgehead atoms. The van der Waals surface area contributed by atoms with Crippen LogP contribution in [0.2, 0.25) is 0 Å². The molecule has 0 aliphatic carbocycles. The van der Waals surface area contributed by atoms with E-state index in [4.69, 9.17) is 0 Å². The SMILES string of the molecule is CCCCCC/C=[C]\c1cc(C)c(C)c(C)c1C. The van der Waals surface area contributed by atoms with Crippen molar-refractivity contribution in [1.29, 1.82) is 0 Å². The van der Waals surface area contributed by atoms with Crippen LogP contribution in [0.25, 0.3) is 0 Å². The van der Waals surface area contributed by atoms with Crippen LogP contribution in [-0.2, 0) is 0 Å². The molecule has 0 amide bonds. The predicted molar refractivity (Wildman–Crippen MR) is 81.1 cm³/mol. The summed E-state index contributed by atoms with van der Waals surface area (Å²) in [6.45, 7) is 11.1. The molecule has 1 rings (SSSR count). The molecule has 0 N–H and O–H groups in total. The van der Waals surface area contributed by atoms with Crippen molar-refractivity contribution in [3.05, 3.63) is 46.0 Å². The molecule has 1 radical (unpaired) electrons. The third kappa shape index (κ3) is 4.01. The van der Waals surface area contributed by atoms with Crippen LogP contribution in [0.3, 0.4) is 0 Å². The van der Waals surface area contributed by atoms with Crippen LogP contribution in [0.4, 0.5) is 0 Å². The summed E-state index contributed by atoms with van der Waals surface area (Å²) in [4.78, 5) is 0. The van der Waals surface area contributed by atoms with Gasteiger partial charge in [-0.05, 0) is 74.4 Å².